The third-order valence-electron chi connectivity index (χ3n) is 6.49. The summed E-state index contributed by atoms with van der Waals surface area (Å²) in [5.74, 6) is 1.55. The van der Waals surface area contributed by atoms with Crippen LogP contribution in [-0.4, -0.2) is 15.5 Å². The first-order chi connectivity index (χ1) is 14.3. The lowest BCUT2D eigenvalue weighted by Gasteiger charge is -2.30. The number of amides is 1. The van der Waals surface area contributed by atoms with Crippen LogP contribution in [0.25, 0.3) is 0 Å². The Morgan fingerprint density at radius 3 is 2.67 bits per heavy atom. The number of hydrogen-bond donors (Lipinski definition) is 0. The van der Waals surface area contributed by atoms with Gasteiger partial charge in [0.15, 0.2) is 0 Å². The van der Waals surface area contributed by atoms with Crippen molar-refractivity contribution in [1.82, 2.24) is 9.55 Å². The second kappa shape index (κ2) is 8.10. The molecule has 0 N–H and O–H groups in total. The molecule has 0 bridgehead atoms. The van der Waals surface area contributed by atoms with Crippen LogP contribution in [0.1, 0.15) is 62.0 Å². The molecular weight excluding hydrogens is 370 g/mol. The molecule has 0 fully saturated rings. The number of fused-ring (bicyclic) bond motifs is 1. The van der Waals surface area contributed by atoms with Gasteiger partial charge in [0.25, 0.3) is 0 Å². The Balaban J connectivity index is 1.66. The first-order valence-electron chi connectivity index (χ1n) is 10.8. The number of aryl methyl sites for hydroxylation is 2. The van der Waals surface area contributed by atoms with Crippen LogP contribution in [0.5, 0.6) is 0 Å². The Hall–Kier alpha value is -2.88. The quantitative estimate of drug-likeness (QED) is 0.557. The summed E-state index contributed by atoms with van der Waals surface area (Å²) in [6.07, 6.45) is 6.47. The number of imidazole rings is 1. The molecule has 0 radical (unpaired) electrons. The molecular formula is C26H31N3O. The van der Waals surface area contributed by atoms with E-state index in [4.69, 9.17) is 0 Å². The number of hydrogen-bond acceptors (Lipinski definition) is 2. The fourth-order valence-corrected chi connectivity index (χ4v) is 4.44. The molecule has 2 aromatic carbocycles. The minimum Gasteiger partial charge on any atom is -0.337 e. The average molecular weight is 402 g/mol. The molecule has 0 saturated heterocycles. The zero-order valence-electron chi connectivity index (χ0n) is 18.4. The molecule has 4 heteroatoms. The van der Waals surface area contributed by atoms with E-state index in [1.54, 1.807) is 6.20 Å². The standard InChI is InChI=1S/C26H31N3O/c1-19-10-11-20-12-13-22(16-23(19)20)29(18-24-27-14-15-28(24)4)25(30)17-26(2,3)21-8-6-5-7-9-21/h5-9,12-16,19H,10-11,17-18H2,1-4H3/t19-/m0/s1. The van der Waals surface area contributed by atoms with Gasteiger partial charge in [-0.05, 0) is 53.0 Å². The summed E-state index contributed by atoms with van der Waals surface area (Å²) in [7, 11) is 1.98. The lowest BCUT2D eigenvalue weighted by atomic mass is 9.81. The van der Waals surface area contributed by atoms with Crippen LogP contribution in [0.2, 0.25) is 0 Å². The van der Waals surface area contributed by atoms with Crippen LogP contribution < -0.4 is 4.90 Å². The Kier molecular flexibility index (Phi) is 5.50. The van der Waals surface area contributed by atoms with E-state index in [-0.39, 0.29) is 11.3 Å². The van der Waals surface area contributed by atoms with Crippen molar-refractivity contribution in [2.45, 2.75) is 57.9 Å². The third-order valence-corrected chi connectivity index (χ3v) is 6.49. The molecule has 4 nitrogen and oxygen atoms in total. The number of rotatable bonds is 6. The Bertz CT molecular complexity index is 1040. The summed E-state index contributed by atoms with van der Waals surface area (Å²) >= 11 is 0. The summed E-state index contributed by atoms with van der Waals surface area (Å²) < 4.78 is 1.98. The Morgan fingerprint density at radius 1 is 1.20 bits per heavy atom. The van der Waals surface area contributed by atoms with E-state index in [2.05, 4.69) is 56.1 Å². The van der Waals surface area contributed by atoms with Crippen molar-refractivity contribution in [3.63, 3.8) is 0 Å². The topological polar surface area (TPSA) is 38.1 Å². The molecule has 1 amide bonds. The molecule has 4 rings (SSSR count). The van der Waals surface area contributed by atoms with Gasteiger partial charge in [-0.3, -0.25) is 4.79 Å². The van der Waals surface area contributed by atoms with Crippen molar-refractivity contribution in [1.29, 1.82) is 0 Å². The van der Waals surface area contributed by atoms with Gasteiger partial charge in [-0.15, -0.1) is 0 Å². The maximum atomic E-state index is 13.6. The van der Waals surface area contributed by atoms with E-state index in [9.17, 15) is 4.79 Å². The third kappa shape index (κ3) is 4.04. The van der Waals surface area contributed by atoms with Crippen LogP contribution in [0, 0.1) is 0 Å². The highest BCUT2D eigenvalue weighted by Gasteiger charge is 2.29. The monoisotopic (exact) mass is 401 g/mol. The van der Waals surface area contributed by atoms with Crippen LogP contribution in [0.3, 0.4) is 0 Å². The highest BCUT2D eigenvalue weighted by atomic mass is 16.2. The van der Waals surface area contributed by atoms with Crippen molar-refractivity contribution in [3.05, 3.63) is 83.4 Å². The zero-order chi connectivity index (χ0) is 21.3. The van der Waals surface area contributed by atoms with Gasteiger partial charge in [0.05, 0.1) is 6.54 Å². The molecule has 3 aromatic rings. The van der Waals surface area contributed by atoms with Gasteiger partial charge in [-0.2, -0.15) is 0 Å². The molecule has 0 aliphatic heterocycles. The highest BCUT2D eigenvalue weighted by Crippen LogP contribution is 2.36. The number of aromatic nitrogens is 2. The van der Waals surface area contributed by atoms with Crippen LogP contribution >= 0.6 is 0 Å². The van der Waals surface area contributed by atoms with Crippen molar-refractivity contribution in [2.24, 2.45) is 7.05 Å². The molecule has 1 aliphatic carbocycles. The van der Waals surface area contributed by atoms with Gasteiger partial charge >= 0.3 is 0 Å². The fraction of sp³-hybridized carbons (Fsp3) is 0.385. The van der Waals surface area contributed by atoms with Gasteiger partial charge in [0, 0.05) is 31.5 Å². The minimum absolute atomic E-state index is 0.123. The van der Waals surface area contributed by atoms with Crippen molar-refractivity contribution in [2.75, 3.05) is 4.90 Å². The molecule has 156 valence electrons. The summed E-state index contributed by atoms with van der Waals surface area (Å²) in [4.78, 5) is 20.0. The van der Waals surface area contributed by atoms with E-state index < -0.39 is 0 Å². The maximum absolute atomic E-state index is 13.6. The highest BCUT2D eigenvalue weighted by molar-refractivity contribution is 5.94. The van der Waals surface area contributed by atoms with Crippen LogP contribution in [-0.2, 0) is 30.2 Å². The van der Waals surface area contributed by atoms with E-state index in [1.807, 2.05) is 40.9 Å². The molecule has 1 atom stereocenters. The summed E-state index contributed by atoms with van der Waals surface area (Å²) in [5, 5.41) is 0. The number of nitrogens with zero attached hydrogens (tertiary/aromatic N) is 3. The number of anilines is 1. The first-order valence-corrected chi connectivity index (χ1v) is 10.8. The molecule has 1 aliphatic rings. The molecule has 0 saturated carbocycles. The predicted octanol–water partition coefficient (Wildman–Crippen LogP) is 5.37. The van der Waals surface area contributed by atoms with E-state index in [0.29, 0.717) is 18.9 Å². The van der Waals surface area contributed by atoms with Gasteiger partial charge < -0.3 is 9.47 Å². The van der Waals surface area contributed by atoms with Gasteiger partial charge in [0.1, 0.15) is 5.82 Å². The lowest BCUT2D eigenvalue weighted by Crippen LogP contribution is -2.36. The average Bonchev–Trinajstić information content (AvgIpc) is 3.31. The van der Waals surface area contributed by atoms with Crippen LogP contribution in [0.15, 0.2) is 60.9 Å². The van der Waals surface area contributed by atoms with E-state index in [0.717, 1.165) is 17.9 Å². The molecule has 0 unspecified atom stereocenters. The van der Waals surface area contributed by atoms with Gasteiger partial charge in [-0.25, -0.2) is 4.98 Å². The number of benzene rings is 2. The van der Waals surface area contributed by atoms with Gasteiger partial charge in [0.2, 0.25) is 5.91 Å². The second-order valence-corrected chi connectivity index (χ2v) is 9.18. The Labute approximate surface area is 179 Å². The van der Waals surface area contributed by atoms with Gasteiger partial charge in [-0.1, -0.05) is 57.2 Å². The van der Waals surface area contributed by atoms with Crippen molar-refractivity contribution < 1.29 is 4.79 Å². The van der Waals surface area contributed by atoms with Crippen molar-refractivity contribution in [3.8, 4) is 0 Å². The normalized spacial score (nSPS) is 15.8. The predicted molar refractivity (Wildman–Crippen MR) is 122 cm³/mol. The summed E-state index contributed by atoms with van der Waals surface area (Å²) in [6.45, 7) is 7.04. The molecule has 1 aromatic heterocycles. The van der Waals surface area contributed by atoms with E-state index in [1.165, 1.54) is 23.1 Å². The Morgan fingerprint density at radius 2 is 1.97 bits per heavy atom. The van der Waals surface area contributed by atoms with Crippen molar-refractivity contribution >= 4 is 11.6 Å². The maximum Gasteiger partial charge on any atom is 0.228 e. The summed E-state index contributed by atoms with van der Waals surface area (Å²) in [5.41, 5.74) is 4.70. The molecule has 1 heterocycles. The van der Waals surface area contributed by atoms with Crippen LogP contribution in [0.4, 0.5) is 5.69 Å². The number of carbonyl (C=O) groups is 1. The van der Waals surface area contributed by atoms with E-state index >= 15 is 0 Å². The molecule has 0 spiro atoms. The minimum atomic E-state index is -0.248. The fourth-order valence-electron chi connectivity index (χ4n) is 4.44. The lowest BCUT2D eigenvalue weighted by molar-refractivity contribution is -0.119. The SMILES string of the molecule is C[C@H]1CCc2ccc(N(Cc3nccn3C)C(=O)CC(C)(C)c3ccccc3)cc21. The molecule has 30 heavy (non-hydrogen) atoms. The zero-order valence-corrected chi connectivity index (χ0v) is 18.4. The smallest absolute Gasteiger partial charge is 0.228 e. The second-order valence-electron chi connectivity index (χ2n) is 9.18. The first kappa shape index (κ1) is 20.4. The largest absolute Gasteiger partial charge is 0.337 e. The number of carbonyl (C=O) groups excluding carboxylic acids is 1. The summed E-state index contributed by atoms with van der Waals surface area (Å²) in [6, 6.07) is 16.8.